The van der Waals surface area contributed by atoms with E-state index in [1.54, 1.807) is 18.2 Å². The van der Waals surface area contributed by atoms with Gasteiger partial charge in [-0.3, -0.25) is 14.5 Å². The largest absolute Gasteiger partial charge is 0.503 e. The van der Waals surface area contributed by atoms with Gasteiger partial charge in [-0.05, 0) is 55.3 Å². The van der Waals surface area contributed by atoms with E-state index in [9.17, 15) is 14.7 Å². The molecule has 1 aromatic carbocycles. The number of carbonyl (C=O) groups excluding carboxylic acids is 2. The van der Waals surface area contributed by atoms with Crippen molar-refractivity contribution >= 4 is 38.4 Å². The number of nitrogens with zero attached hydrogens (tertiary/aromatic N) is 2. The van der Waals surface area contributed by atoms with Crippen LogP contribution >= 0.6 is 11.3 Å². The monoisotopic (exact) mass is 420 g/mol. The van der Waals surface area contributed by atoms with Crippen LogP contribution in [-0.2, 0) is 4.79 Å². The summed E-state index contributed by atoms with van der Waals surface area (Å²) in [5, 5.41) is 11.0. The van der Waals surface area contributed by atoms with Gasteiger partial charge in [-0.15, -0.1) is 0 Å². The van der Waals surface area contributed by atoms with Gasteiger partial charge in [-0.25, -0.2) is 4.98 Å². The molecule has 5 rings (SSSR count). The zero-order valence-electron chi connectivity index (χ0n) is 16.1. The van der Waals surface area contributed by atoms with Gasteiger partial charge in [0.25, 0.3) is 5.91 Å². The number of Topliss-reactive ketones (excluding diaryl/α,β-unsaturated/α-hetero) is 1. The smallest absolute Gasteiger partial charge is 0.296 e. The highest BCUT2D eigenvalue weighted by molar-refractivity contribution is 7.22. The predicted molar refractivity (Wildman–Crippen MR) is 111 cm³/mol. The van der Waals surface area contributed by atoms with Gasteiger partial charge in [0.2, 0.25) is 5.78 Å². The number of carbonyl (C=O) groups is 2. The van der Waals surface area contributed by atoms with E-state index in [1.807, 2.05) is 26.0 Å². The van der Waals surface area contributed by atoms with Gasteiger partial charge in [0.1, 0.15) is 11.8 Å². The van der Waals surface area contributed by atoms with Crippen LogP contribution in [0.4, 0.5) is 5.13 Å². The fourth-order valence-corrected chi connectivity index (χ4v) is 4.92. The van der Waals surface area contributed by atoms with Crippen LogP contribution in [0.15, 0.2) is 69.1 Å². The van der Waals surface area contributed by atoms with Gasteiger partial charge in [-0.1, -0.05) is 17.4 Å². The van der Waals surface area contributed by atoms with Crippen molar-refractivity contribution in [2.45, 2.75) is 19.9 Å². The average Bonchev–Trinajstić information content (AvgIpc) is 3.49. The van der Waals surface area contributed by atoms with Crippen molar-refractivity contribution in [3.8, 4) is 0 Å². The average molecular weight is 420 g/mol. The third kappa shape index (κ3) is 2.68. The molecular formula is C22H16N2O5S. The maximum atomic E-state index is 13.1. The lowest BCUT2D eigenvalue weighted by Crippen LogP contribution is -2.30. The lowest BCUT2D eigenvalue weighted by atomic mass is 10.00. The first-order valence-corrected chi connectivity index (χ1v) is 10.0. The third-order valence-electron chi connectivity index (χ3n) is 5.04. The van der Waals surface area contributed by atoms with Gasteiger partial charge in [0.05, 0.1) is 28.3 Å². The lowest BCUT2D eigenvalue weighted by molar-refractivity contribution is -0.117. The Morgan fingerprint density at radius 3 is 2.63 bits per heavy atom. The number of aliphatic hydroxyl groups is 1. The molecule has 1 atom stereocenters. The Balaban J connectivity index is 1.68. The lowest BCUT2D eigenvalue weighted by Gasteiger charge is -2.21. The summed E-state index contributed by atoms with van der Waals surface area (Å²) in [5.41, 5.74) is 2.74. The maximum Gasteiger partial charge on any atom is 0.296 e. The third-order valence-corrected chi connectivity index (χ3v) is 6.04. The van der Waals surface area contributed by atoms with Crippen LogP contribution in [0.5, 0.6) is 0 Å². The minimum atomic E-state index is -0.952. The van der Waals surface area contributed by atoms with Crippen molar-refractivity contribution in [2.24, 2.45) is 0 Å². The minimum Gasteiger partial charge on any atom is -0.503 e. The van der Waals surface area contributed by atoms with Crippen LogP contribution in [0.1, 0.15) is 33.5 Å². The number of rotatable bonds is 4. The molecule has 0 bridgehead atoms. The molecule has 4 heterocycles. The number of hydrogen-bond acceptors (Lipinski definition) is 7. The summed E-state index contributed by atoms with van der Waals surface area (Å²) in [5.74, 6) is -1.56. The van der Waals surface area contributed by atoms with Crippen molar-refractivity contribution in [3.63, 3.8) is 0 Å². The van der Waals surface area contributed by atoms with Gasteiger partial charge in [-0.2, -0.15) is 0 Å². The Labute approximate surface area is 174 Å². The highest BCUT2D eigenvalue weighted by Gasteiger charge is 2.47. The summed E-state index contributed by atoms with van der Waals surface area (Å²) in [7, 11) is 0. The van der Waals surface area contributed by atoms with Gasteiger partial charge >= 0.3 is 0 Å². The second-order valence-electron chi connectivity index (χ2n) is 7.09. The number of aromatic nitrogens is 1. The topological polar surface area (TPSA) is 96.8 Å². The van der Waals surface area contributed by atoms with E-state index in [4.69, 9.17) is 8.83 Å². The first-order valence-electron chi connectivity index (χ1n) is 9.22. The summed E-state index contributed by atoms with van der Waals surface area (Å²) >= 11 is 1.32. The molecule has 0 saturated carbocycles. The molecule has 0 radical (unpaired) electrons. The first-order chi connectivity index (χ1) is 14.5. The van der Waals surface area contributed by atoms with E-state index in [-0.39, 0.29) is 11.3 Å². The normalized spacial score (nSPS) is 16.8. The molecule has 8 heteroatoms. The molecule has 0 unspecified atom stereocenters. The fraction of sp³-hybridized carbons (Fsp3) is 0.136. The second-order valence-corrected chi connectivity index (χ2v) is 8.10. The number of hydrogen-bond donors (Lipinski definition) is 1. The Hall–Kier alpha value is -3.65. The van der Waals surface area contributed by atoms with Crippen molar-refractivity contribution in [3.05, 3.63) is 82.9 Å². The molecule has 1 aliphatic heterocycles. The van der Waals surface area contributed by atoms with Crippen molar-refractivity contribution in [2.75, 3.05) is 4.90 Å². The van der Waals surface area contributed by atoms with E-state index >= 15 is 0 Å². The molecule has 0 fully saturated rings. The van der Waals surface area contributed by atoms with E-state index < -0.39 is 23.5 Å². The SMILES string of the molecule is Cc1cc(C)c2nc(N3C(=O)C(O)=C(C(=O)c4ccco4)[C@H]3c3ccco3)sc2c1. The molecule has 150 valence electrons. The molecule has 1 amide bonds. The van der Waals surface area contributed by atoms with Crippen molar-refractivity contribution in [1.82, 2.24) is 4.98 Å². The Bertz CT molecular complexity index is 1320. The first kappa shape index (κ1) is 18.4. The number of fused-ring (bicyclic) bond motifs is 1. The Morgan fingerprint density at radius 1 is 1.17 bits per heavy atom. The zero-order chi connectivity index (χ0) is 21.0. The molecule has 1 N–H and O–H groups in total. The molecule has 3 aromatic heterocycles. The van der Waals surface area contributed by atoms with Crippen LogP contribution < -0.4 is 4.90 Å². The standard InChI is InChI=1S/C22H16N2O5S/c1-11-9-12(2)17-15(10-11)30-22(23-17)24-18(13-5-3-7-28-13)16(20(26)21(24)27)19(25)14-6-4-8-29-14/h3-10,18,26H,1-2H3/t18-/m1/s1. The quantitative estimate of drug-likeness (QED) is 0.473. The van der Waals surface area contributed by atoms with E-state index in [1.165, 1.54) is 34.8 Å². The van der Waals surface area contributed by atoms with Crippen LogP contribution in [0, 0.1) is 13.8 Å². The number of aliphatic hydroxyl groups excluding tert-OH is 1. The molecule has 0 spiro atoms. The van der Waals surface area contributed by atoms with Crippen molar-refractivity contribution < 1.29 is 23.5 Å². The summed E-state index contributed by atoms with van der Waals surface area (Å²) in [6, 6.07) is 9.43. The number of furan rings is 2. The maximum absolute atomic E-state index is 13.1. The summed E-state index contributed by atoms with van der Waals surface area (Å²) in [4.78, 5) is 32.1. The highest BCUT2D eigenvalue weighted by Crippen LogP contribution is 2.44. The summed E-state index contributed by atoms with van der Waals surface area (Å²) in [6.07, 6.45) is 2.81. The van der Waals surface area contributed by atoms with E-state index in [0.29, 0.717) is 10.9 Å². The van der Waals surface area contributed by atoms with Crippen LogP contribution in [0.25, 0.3) is 10.2 Å². The van der Waals surface area contributed by atoms with Gasteiger partial charge < -0.3 is 13.9 Å². The van der Waals surface area contributed by atoms with Gasteiger partial charge in [0, 0.05) is 0 Å². The van der Waals surface area contributed by atoms with Crippen LogP contribution in [0.2, 0.25) is 0 Å². The second kappa shape index (κ2) is 6.70. The number of amides is 1. The van der Waals surface area contributed by atoms with E-state index in [2.05, 4.69) is 4.98 Å². The van der Waals surface area contributed by atoms with Crippen LogP contribution in [-0.4, -0.2) is 21.8 Å². The molecule has 0 saturated heterocycles. The zero-order valence-corrected chi connectivity index (χ0v) is 16.9. The summed E-state index contributed by atoms with van der Waals surface area (Å²) in [6.45, 7) is 3.95. The Morgan fingerprint density at radius 2 is 1.93 bits per heavy atom. The van der Waals surface area contributed by atoms with Crippen LogP contribution in [0.3, 0.4) is 0 Å². The molecular weight excluding hydrogens is 404 g/mol. The van der Waals surface area contributed by atoms with E-state index in [0.717, 1.165) is 21.3 Å². The molecule has 4 aromatic rings. The highest BCUT2D eigenvalue weighted by atomic mass is 32.1. The molecule has 30 heavy (non-hydrogen) atoms. The number of benzene rings is 1. The minimum absolute atomic E-state index is 0.0264. The van der Waals surface area contributed by atoms with Gasteiger partial charge in [0.15, 0.2) is 16.7 Å². The number of ketones is 1. The summed E-state index contributed by atoms with van der Waals surface area (Å²) < 4.78 is 11.7. The predicted octanol–water partition coefficient (Wildman–Crippen LogP) is 4.88. The number of thiazole rings is 1. The Kier molecular flexibility index (Phi) is 4.11. The molecule has 0 aliphatic carbocycles. The molecule has 1 aliphatic rings. The number of aryl methyl sites for hydroxylation is 2. The molecule has 7 nitrogen and oxygen atoms in total. The fourth-order valence-electron chi connectivity index (χ4n) is 3.75. The van der Waals surface area contributed by atoms with Crippen molar-refractivity contribution in [1.29, 1.82) is 0 Å². The number of anilines is 1.